The standard InChI is InChI=1S/C21H28N2O4/c1-3-17-18(20(24)26-4-2)19(23-21(25)22-17)14-10-12-16(13-11-14)27-15-8-6-5-7-9-15/h10-13,15,19H,3-9H2,1-2H3,(H2,22,23,25). The fourth-order valence-electron chi connectivity index (χ4n) is 3.71. The van der Waals surface area contributed by atoms with Gasteiger partial charge in [0.25, 0.3) is 0 Å². The molecule has 1 fully saturated rings. The van der Waals surface area contributed by atoms with Crippen LogP contribution in [0.25, 0.3) is 0 Å². The molecule has 1 unspecified atom stereocenters. The lowest BCUT2D eigenvalue weighted by Gasteiger charge is -2.29. The lowest BCUT2D eigenvalue weighted by molar-refractivity contribution is -0.139. The van der Waals surface area contributed by atoms with Crippen molar-refractivity contribution >= 4 is 12.0 Å². The molecule has 0 saturated heterocycles. The predicted molar refractivity (Wildman–Crippen MR) is 102 cm³/mol. The number of hydrogen-bond acceptors (Lipinski definition) is 4. The van der Waals surface area contributed by atoms with Gasteiger partial charge < -0.3 is 20.1 Å². The summed E-state index contributed by atoms with van der Waals surface area (Å²) in [6.45, 7) is 3.96. The quantitative estimate of drug-likeness (QED) is 0.741. The summed E-state index contributed by atoms with van der Waals surface area (Å²) in [6.07, 6.45) is 6.75. The molecule has 6 heteroatoms. The second kappa shape index (κ2) is 8.93. The summed E-state index contributed by atoms with van der Waals surface area (Å²) in [5.74, 6) is 0.415. The van der Waals surface area contributed by atoms with Crippen molar-refractivity contribution in [3.8, 4) is 5.75 Å². The molecule has 0 radical (unpaired) electrons. The molecule has 146 valence electrons. The van der Waals surface area contributed by atoms with Gasteiger partial charge in [-0.15, -0.1) is 0 Å². The van der Waals surface area contributed by atoms with Gasteiger partial charge in [-0.2, -0.15) is 0 Å². The second-order valence-electron chi connectivity index (χ2n) is 6.94. The van der Waals surface area contributed by atoms with Gasteiger partial charge in [-0.05, 0) is 56.7 Å². The third-order valence-corrected chi connectivity index (χ3v) is 5.07. The molecule has 1 atom stereocenters. The van der Waals surface area contributed by atoms with E-state index < -0.39 is 12.0 Å². The number of carbonyl (C=O) groups excluding carboxylic acids is 2. The fraction of sp³-hybridized carbons (Fsp3) is 0.524. The smallest absolute Gasteiger partial charge is 0.338 e. The van der Waals surface area contributed by atoms with Crippen LogP contribution in [0.4, 0.5) is 4.79 Å². The second-order valence-corrected chi connectivity index (χ2v) is 6.94. The number of hydrogen-bond donors (Lipinski definition) is 2. The normalized spacial score (nSPS) is 20.7. The van der Waals surface area contributed by atoms with Gasteiger partial charge in [0.15, 0.2) is 0 Å². The molecule has 1 aliphatic heterocycles. The maximum Gasteiger partial charge on any atom is 0.338 e. The Balaban J connectivity index is 1.81. The van der Waals surface area contributed by atoms with E-state index in [-0.39, 0.29) is 18.7 Å². The van der Waals surface area contributed by atoms with Crippen LogP contribution in [0.2, 0.25) is 0 Å². The Labute approximate surface area is 160 Å². The van der Waals surface area contributed by atoms with Crippen LogP contribution < -0.4 is 15.4 Å². The summed E-state index contributed by atoms with van der Waals surface area (Å²) in [5, 5.41) is 5.56. The van der Waals surface area contributed by atoms with E-state index in [2.05, 4.69) is 10.6 Å². The van der Waals surface area contributed by atoms with Crippen LogP contribution in [0, 0.1) is 0 Å². The van der Waals surface area contributed by atoms with E-state index in [1.54, 1.807) is 6.92 Å². The molecule has 2 N–H and O–H groups in total. The van der Waals surface area contributed by atoms with Crippen molar-refractivity contribution in [1.82, 2.24) is 10.6 Å². The maximum absolute atomic E-state index is 12.5. The zero-order chi connectivity index (χ0) is 19.2. The first-order valence-corrected chi connectivity index (χ1v) is 9.86. The Morgan fingerprint density at radius 3 is 2.44 bits per heavy atom. The molecule has 1 aliphatic carbocycles. The highest BCUT2D eigenvalue weighted by molar-refractivity contribution is 5.95. The number of amides is 2. The number of carbonyl (C=O) groups is 2. The predicted octanol–water partition coefficient (Wildman–Crippen LogP) is 3.98. The minimum atomic E-state index is -0.531. The van der Waals surface area contributed by atoms with E-state index in [0.29, 0.717) is 17.7 Å². The summed E-state index contributed by atoms with van der Waals surface area (Å²) >= 11 is 0. The van der Waals surface area contributed by atoms with Crippen molar-refractivity contribution in [3.05, 3.63) is 41.1 Å². The molecular weight excluding hydrogens is 344 g/mol. The molecule has 1 aromatic carbocycles. The van der Waals surface area contributed by atoms with Crippen molar-refractivity contribution in [2.75, 3.05) is 6.61 Å². The van der Waals surface area contributed by atoms with Gasteiger partial charge in [0.05, 0.1) is 24.3 Å². The van der Waals surface area contributed by atoms with Crippen molar-refractivity contribution in [3.63, 3.8) is 0 Å². The van der Waals surface area contributed by atoms with Crippen molar-refractivity contribution in [2.45, 2.75) is 64.5 Å². The first-order chi connectivity index (χ1) is 13.1. The van der Waals surface area contributed by atoms with Crippen molar-refractivity contribution in [2.24, 2.45) is 0 Å². The highest BCUT2D eigenvalue weighted by Gasteiger charge is 2.33. The molecule has 1 heterocycles. The van der Waals surface area contributed by atoms with Crippen LogP contribution in [0.1, 0.15) is 64.0 Å². The minimum Gasteiger partial charge on any atom is -0.490 e. The van der Waals surface area contributed by atoms with Crippen LogP contribution >= 0.6 is 0 Å². The number of rotatable bonds is 6. The number of allylic oxidation sites excluding steroid dienone is 1. The fourth-order valence-corrected chi connectivity index (χ4v) is 3.71. The Hall–Kier alpha value is -2.50. The third-order valence-electron chi connectivity index (χ3n) is 5.07. The van der Waals surface area contributed by atoms with Crippen LogP contribution in [0.5, 0.6) is 5.75 Å². The average molecular weight is 372 g/mol. The maximum atomic E-state index is 12.5. The van der Waals surface area contributed by atoms with E-state index >= 15 is 0 Å². The van der Waals surface area contributed by atoms with Gasteiger partial charge in [-0.3, -0.25) is 0 Å². The summed E-state index contributed by atoms with van der Waals surface area (Å²) in [7, 11) is 0. The zero-order valence-corrected chi connectivity index (χ0v) is 16.0. The largest absolute Gasteiger partial charge is 0.490 e. The summed E-state index contributed by atoms with van der Waals surface area (Å²) in [6, 6.07) is 6.78. The Bertz CT molecular complexity index is 705. The third kappa shape index (κ3) is 4.62. The molecule has 0 spiro atoms. The lowest BCUT2D eigenvalue weighted by Crippen LogP contribution is -2.45. The molecule has 2 aliphatic rings. The van der Waals surface area contributed by atoms with E-state index in [9.17, 15) is 9.59 Å². The molecule has 1 saturated carbocycles. The van der Waals surface area contributed by atoms with Crippen LogP contribution in [-0.2, 0) is 9.53 Å². The van der Waals surface area contributed by atoms with E-state index in [1.165, 1.54) is 19.3 Å². The summed E-state index contributed by atoms with van der Waals surface area (Å²) in [4.78, 5) is 24.5. The summed E-state index contributed by atoms with van der Waals surface area (Å²) in [5.41, 5.74) is 1.89. The van der Waals surface area contributed by atoms with Gasteiger partial charge in [0.1, 0.15) is 5.75 Å². The average Bonchev–Trinajstić information content (AvgIpc) is 2.68. The molecule has 0 bridgehead atoms. The Morgan fingerprint density at radius 1 is 1.11 bits per heavy atom. The van der Waals surface area contributed by atoms with Crippen LogP contribution in [0.15, 0.2) is 35.5 Å². The molecule has 2 amide bonds. The molecule has 0 aromatic heterocycles. The summed E-state index contributed by atoms with van der Waals surface area (Å²) < 4.78 is 11.3. The number of urea groups is 1. The van der Waals surface area contributed by atoms with Crippen molar-refractivity contribution in [1.29, 1.82) is 0 Å². The molecule has 3 rings (SSSR count). The van der Waals surface area contributed by atoms with E-state index in [0.717, 1.165) is 24.2 Å². The van der Waals surface area contributed by atoms with Gasteiger partial charge in [0, 0.05) is 5.70 Å². The molecular formula is C21H28N2O4. The van der Waals surface area contributed by atoms with Crippen LogP contribution in [-0.4, -0.2) is 24.7 Å². The van der Waals surface area contributed by atoms with Crippen LogP contribution in [0.3, 0.4) is 0 Å². The van der Waals surface area contributed by atoms with E-state index in [1.807, 2.05) is 31.2 Å². The molecule has 27 heavy (non-hydrogen) atoms. The number of benzene rings is 1. The number of ether oxygens (including phenoxy) is 2. The highest BCUT2D eigenvalue weighted by Crippen LogP contribution is 2.31. The first kappa shape index (κ1) is 19.3. The van der Waals surface area contributed by atoms with E-state index in [4.69, 9.17) is 9.47 Å². The minimum absolute atomic E-state index is 0.282. The lowest BCUT2D eigenvalue weighted by atomic mass is 9.94. The number of esters is 1. The van der Waals surface area contributed by atoms with Crippen molar-refractivity contribution < 1.29 is 19.1 Å². The monoisotopic (exact) mass is 372 g/mol. The topological polar surface area (TPSA) is 76.7 Å². The van der Waals surface area contributed by atoms with Gasteiger partial charge in [0.2, 0.25) is 0 Å². The Morgan fingerprint density at radius 2 is 1.81 bits per heavy atom. The SMILES string of the molecule is CCOC(=O)C1=C(CC)NC(=O)NC1c1ccc(OC2CCCCC2)cc1. The highest BCUT2D eigenvalue weighted by atomic mass is 16.5. The van der Waals surface area contributed by atoms with Gasteiger partial charge in [-0.25, -0.2) is 9.59 Å². The zero-order valence-electron chi connectivity index (χ0n) is 16.0. The molecule has 6 nitrogen and oxygen atoms in total. The first-order valence-electron chi connectivity index (χ1n) is 9.86. The number of nitrogens with one attached hydrogen (secondary N) is 2. The van der Waals surface area contributed by atoms with Gasteiger partial charge >= 0.3 is 12.0 Å². The molecule has 1 aromatic rings. The Kier molecular flexibility index (Phi) is 6.37. The van der Waals surface area contributed by atoms with Gasteiger partial charge in [-0.1, -0.05) is 25.5 Å².